The molecule has 0 aliphatic carbocycles. The van der Waals surface area contributed by atoms with Crippen LogP contribution in [-0.4, -0.2) is 19.6 Å². The highest BCUT2D eigenvalue weighted by molar-refractivity contribution is 6.33. The maximum atomic E-state index is 6.19. The molecule has 0 radical (unpaired) electrons. The summed E-state index contributed by atoms with van der Waals surface area (Å²) in [6, 6.07) is 11.8. The first-order valence-electron chi connectivity index (χ1n) is 7.58. The average Bonchev–Trinajstić information content (AvgIpc) is 2.97. The molecule has 23 heavy (non-hydrogen) atoms. The van der Waals surface area contributed by atoms with E-state index in [4.69, 9.17) is 16.0 Å². The first kappa shape index (κ1) is 20.3. The van der Waals surface area contributed by atoms with Gasteiger partial charge in [-0.15, -0.1) is 24.8 Å². The highest BCUT2D eigenvalue weighted by Gasteiger charge is 2.13. The molecule has 3 rings (SSSR count). The summed E-state index contributed by atoms with van der Waals surface area (Å²) in [6.07, 6.45) is 2.52. The van der Waals surface area contributed by atoms with Gasteiger partial charge < -0.3 is 15.1 Å². The van der Waals surface area contributed by atoms with Crippen LogP contribution in [0, 0.1) is 5.92 Å². The minimum atomic E-state index is 0. The Morgan fingerprint density at radius 1 is 1.09 bits per heavy atom. The third kappa shape index (κ3) is 5.70. The van der Waals surface area contributed by atoms with Gasteiger partial charge in [-0.2, -0.15) is 0 Å². The van der Waals surface area contributed by atoms with Crippen LogP contribution in [0.15, 0.2) is 40.8 Å². The largest absolute Gasteiger partial charge is 0.460 e. The van der Waals surface area contributed by atoms with Gasteiger partial charge in [-0.25, -0.2) is 0 Å². The van der Waals surface area contributed by atoms with Crippen molar-refractivity contribution in [1.29, 1.82) is 0 Å². The second kappa shape index (κ2) is 10.2. The molecule has 128 valence electrons. The topological polar surface area (TPSA) is 37.2 Å². The fraction of sp³-hybridized carbons (Fsp3) is 0.412. The van der Waals surface area contributed by atoms with E-state index in [2.05, 4.69) is 10.6 Å². The van der Waals surface area contributed by atoms with Gasteiger partial charge in [0.05, 0.1) is 11.6 Å². The first-order valence-corrected chi connectivity index (χ1v) is 7.96. The Hall–Kier alpha value is -0.710. The van der Waals surface area contributed by atoms with Crippen LogP contribution in [0.2, 0.25) is 5.02 Å². The van der Waals surface area contributed by atoms with Crippen LogP contribution in [0.5, 0.6) is 0 Å². The molecule has 0 amide bonds. The molecule has 1 aliphatic heterocycles. The molecule has 1 saturated heterocycles. The summed E-state index contributed by atoms with van der Waals surface area (Å²) in [5, 5.41) is 7.61. The maximum Gasteiger partial charge on any atom is 0.135 e. The highest BCUT2D eigenvalue weighted by atomic mass is 35.5. The second-order valence-corrected chi connectivity index (χ2v) is 5.98. The van der Waals surface area contributed by atoms with Crippen molar-refractivity contribution >= 4 is 36.4 Å². The lowest BCUT2D eigenvalue weighted by molar-refractivity contribution is 0.350. The second-order valence-electron chi connectivity index (χ2n) is 5.57. The Labute approximate surface area is 155 Å². The van der Waals surface area contributed by atoms with Crippen molar-refractivity contribution in [3.63, 3.8) is 0 Å². The van der Waals surface area contributed by atoms with Crippen molar-refractivity contribution in [1.82, 2.24) is 10.6 Å². The van der Waals surface area contributed by atoms with Gasteiger partial charge in [0.1, 0.15) is 11.5 Å². The molecule has 1 aromatic carbocycles. The van der Waals surface area contributed by atoms with Crippen molar-refractivity contribution in [3.8, 4) is 11.3 Å². The predicted molar refractivity (Wildman–Crippen MR) is 101 cm³/mol. The minimum absolute atomic E-state index is 0. The lowest BCUT2D eigenvalue weighted by Gasteiger charge is -2.22. The SMILES string of the molecule is Cl.Cl.Clc1ccccc1-c1ccc(CNCC2CCNCC2)o1. The van der Waals surface area contributed by atoms with Crippen molar-refractivity contribution in [3.05, 3.63) is 47.2 Å². The summed E-state index contributed by atoms with van der Waals surface area (Å²) in [4.78, 5) is 0. The predicted octanol–water partition coefficient (Wildman–Crippen LogP) is 4.53. The third-order valence-corrected chi connectivity index (χ3v) is 4.32. The number of benzene rings is 1. The molecule has 0 bridgehead atoms. The number of nitrogens with one attached hydrogen (secondary N) is 2. The number of piperidine rings is 1. The Balaban J connectivity index is 0.00000132. The first-order chi connectivity index (χ1) is 10.3. The summed E-state index contributed by atoms with van der Waals surface area (Å²) >= 11 is 6.19. The van der Waals surface area contributed by atoms with Crippen molar-refractivity contribution in [2.24, 2.45) is 5.92 Å². The lowest BCUT2D eigenvalue weighted by Crippen LogP contribution is -2.33. The Morgan fingerprint density at radius 3 is 2.57 bits per heavy atom. The quantitative estimate of drug-likeness (QED) is 0.803. The fourth-order valence-electron chi connectivity index (χ4n) is 2.76. The van der Waals surface area contributed by atoms with E-state index >= 15 is 0 Å². The monoisotopic (exact) mass is 376 g/mol. The zero-order chi connectivity index (χ0) is 14.5. The molecule has 2 heterocycles. The molecule has 0 saturated carbocycles. The number of halogens is 3. The van der Waals surface area contributed by atoms with Gasteiger partial charge in [0.15, 0.2) is 0 Å². The Morgan fingerprint density at radius 2 is 1.83 bits per heavy atom. The number of hydrogen-bond acceptors (Lipinski definition) is 3. The smallest absolute Gasteiger partial charge is 0.135 e. The molecule has 1 fully saturated rings. The molecule has 2 aromatic rings. The molecule has 0 atom stereocenters. The third-order valence-electron chi connectivity index (χ3n) is 3.99. The van der Waals surface area contributed by atoms with Gasteiger partial charge in [0.2, 0.25) is 0 Å². The summed E-state index contributed by atoms with van der Waals surface area (Å²) in [6.45, 7) is 4.12. The van der Waals surface area contributed by atoms with Crippen molar-refractivity contribution in [2.45, 2.75) is 19.4 Å². The highest BCUT2D eigenvalue weighted by Crippen LogP contribution is 2.28. The number of furan rings is 1. The molecule has 1 aliphatic rings. The Kier molecular flexibility index (Phi) is 9.03. The molecule has 3 nitrogen and oxygen atoms in total. The van der Waals surface area contributed by atoms with E-state index in [9.17, 15) is 0 Å². The van der Waals surface area contributed by atoms with Crippen molar-refractivity contribution < 1.29 is 4.42 Å². The Bertz CT molecular complexity index is 583. The zero-order valence-electron chi connectivity index (χ0n) is 12.9. The van der Waals surface area contributed by atoms with Crippen molar-refractivity contribution in [2.75, 3.05) is 19.6 Å². The van der Waals surface area contributed by atoms with E-state index in [1.165, 1.54) is 12.8 Å². The average molecular weight is 378 g/mol. The van der Waals surface area contributed by atoms with Crippen LogP contribution < -0.4 is 10.6 Å². The van der Waals surface area contributed by atoms with Crippen LogP contribution in [0.25, 0.3) is 11.3 Å². The molecule has 1 aromatic heterocycles. The zero-order valence-corrected chi connectivity index (χ0v) is 15.3. The fourth-order valence-corrected chi connectivity index (χ4v) is 2.99. The van der Waals surface area contributed by atoms with E-state index in [0.717, 1.165) is 54.2 Å². The van der Waals surface area contributed by atoms with E-state index in [0.29, 0.717) is 0 Å². The summed E-state index contributed by atoms with van der Waals surface area (Å²) in [5.41, 5.74) is 0.948. The van der Waals surface area contributed by atoms with Crippen LogP contribution in [-0.2, 0) is 6.54 Å². The number of rotatable bonds is 5. The molecule has 0 unspecified atom stereocenters. The van der Waals surface area contributed by atoms with Crippen LogP contribution >= 0.6 is 36.4 Å². The van der Waals surface area contributed by atoms with E-state index < -0.39 is 0 Å². The van der Waals surface area contributed by atoms with Gasteiger partial charge >= 0.3 is 0 Å². The van der Waals surface area contributed by atoms with Crippen LogP contribution in [0.1, 0.15) is 18.6 Å². The minimum Gasteiger partial charge on any atom is -0.460 e. The van der Waals surface area contributed by atoms with Gasteiger partial charge in [-0.3, -0.25) is 0 Å². The van der Waals surface area contributed by atoms with Gasteiger partial charge in [-0.1, -0.05) is 23.7 Å². The van der Waals surface area contributed by atoms with E-state index in [1.54, 1.807) is 0 Å². The summed E-state index contributed by atoms with van der Waals surface area (Å²) in [5.74, 6) is 2.57. The van der Waals surface area contributed by atoms with Gasteiger partial charge in [0, 0.05) is 5.56 Å². The maximum absolute atomic E-state index is 6.19. The van der Waals surface area contributed by atoms with E-state index in [-0.39, 0.29) is 24.8 Å². The van der Waals surface area contributed by atoms with Crippen LogP contribution in [0.4, 0.5) is 0 Å². The van der Waals surface area contributed by atoms with Crippen LogP contribution in [0.3, 0.4) is 0 Å². The number of hydrogen-bond donors (Lipinski definition) is 2. The summed E-state index contributed by atoms with van der Waals surface area (Å²) < 4.78 is 5.88. The van der Waals surface area contributed by atoms with Gasteiger partial charge in [-0.05, 0) is 62.7 Å². The molecular weight excluding hydrogens is 355 g/mol. The lowest BCUT2D eigenvalue weighted by atomic mass is 9.98. The molecule has 6 heteroatoms. The normalized spacial score (nSPS) is 14.8. The summed E-state index contributed by atoms with van der Waals surface area (Å²) in [7, 11) is 0. The van der Waals surface area contributed by atoms with Gasteiger partial charge in [0.25, 0.3) is 0 Å². The molecule has 2 N–H and O–H groups in total. The molecule has 0 spiro atoms. The van der Waals surface area contributed by atoms with E-state index in [1.807, 2.05) is 36.4 Å². The standard InChI is InChI=1S/C17H21ClN2O.2ClH/c18-16-4-2-1-3-15(16)17-6-5-14(21-17)12-20-11-13-7-9-19-10-8-13;;/h1-6,13,19-20H,7-12H2;2*1H. The molecular formula is C17H23Cl3N2O.